The number of hydrogen-bond donors (Lipinski definition) is 2. The lowest BCUT2D eigenvalue weighted by atomic mass is 9.98. The Morgan fingerprint density at radius 2 is 1.60 bits per heavy atom. The fourth-order valence-electron chi connectivity index (χ4n) is 3.50. The van der Waals surface area contributed by atoms with Gasteiger partial charge in [-0.3, -0.25) is 0 Å². The summed E-state index contributed by atoms with van der Waals surface area (Å²) in [6.45, 7) is 4.36. The Morgan fingerprint density at radius 1 is 1.00 bits per heavy atom. The summed E-state index contributed by atoms with van der Waals surface area (Å²) in [7, 11) is 0. The quantitative estimate of drug-likeness (QED) is 0.580. The van der Waals surface area contributed by atoms with Gasteiger partial charge in [-0.2, -0.15) is 0 Å². The molecule has 3 rings (SSSR count). The summed E-state index contributed by atoms with van der Waals surface area (Å²) in [5.41, 5.74) is 4.44. The van der Waals surface area contributed by atoms with Crippen molar-refractivity contribution < 1.29 is 28.9 Å². The Hall–Kier alpha value is -2.90. The van der Waals surface area contributed by atoms with Crippen LogP contribution in [0.3, 0.4) is 0 Å². The van der Waals surface area contributed by atoms with Gasteiger partial charge in [0.05, 0.1) is 25.9 Å². The van der Waals surface area contributed by atoms with Gasteiger partial charge < -0.3 is 24.6 Å². The van der Waals surface area contributed by atoms with E-state index in [-0.39, 0.29) is 31.8 Å². The minimum Gasteiger partial charge on any atom is -0.480 e. The van der Waals surface area contributed by atoms with Gasteiger partial charge in [0.25, 0.3) is 0 Å². The van der Waals surface area contributed by atoms with Crippen LogP contribution in [-0.4, -0.2) is 55.7 Å². The Kier molecular flexibility index (Phi) is 7.43. The van der Waals surface area contributed by atoms with Crippen LogP contribution in [0.15, 0.2) is 48.5 Å². The first-order valence-corrected chi connectivity index (χ1v) is 10.0. The minimum atomic E-state index is -1.19. The standard InChI is InChI=1S/C23H27NO6/c1-15(2)29-12-11-28-14-21(22(25)26)24-23(27)30-13-20-18-9-5-3-7-16(18)17-8-4-6-10-19(17)20/h3-10,15,20-21H,11-14H2,1-2H3,(H,24,27)(H,25,26)/t21-/m0/s1. The van der Waals surface area contributed by atoms with Crippen LogP contribution in [0.1, 0.15) is 30.9 Å². The van der Waals surface area contributed by atoms with Crippen LogP contribution in [0.25, 0.3) is 11.1 Å². The summed E-state index contributed by atoms with van der Waals surface area (Å²) in [4.78, 5) is 23.7. The predicted octanol–water partition coefficient (Wildman–Crippen LogP) is 3.42. The number of fused-ring (bicyclic) bond motifs is 3. The smallest absolute Gasteiger partial charge is 0.407 e. The van der Waals surface area contributed by atoms with E-state index in [9.17, 15) is 14.7 Å². The first-order valence-electron chi connectivity index (χ1n) is 10.0. The second-order valence-electron chi connectivity index (χ2n) is 7.36. The number of rotatable bonds is 10. The highest BCUT2D eigenvalue weighted by Gasteiger charge is 2.29. The highest BCUT2D eigenvalue weighted by atomic mass is 16.6. The Balaban J connectivity index is 1.54. The average Bonchev–Trinajstić information content (AvgIpc) is 3.04. The zero-order valence-corrected chi connectivity index (χ0v) is 17.2. The molecule has 0 saturated heterocycles. The summed E-state index contributed by atoms with van der Waals surface area (Å²) in [5.74, 6) is -1.27. The summed E-state index contributed by atoms with van der Waals surface area (Å²) in [5, 5.41) is 11.7. The molecule has 0 heterocycles. The van der Waals surface area contributed by atoms with Gasteiger partial charge in [0.15, 0.2) is 6.04 Å². The highest BCUT2D eigenvalue weighted by molar-refractivity contribution is 5.81. The van der Waals surface area contributed by atoms with Gasteiger partial charge >= 0.3 is 12.1 Å². The van der Waals surface area contributed by atoms with E-state index in [1.807, 2.05) is 50.2 Å². The molecular weight excluding hydrogens is 386 g/mol. The van der Waals surface area contributed by atoms with Gasteiger partial charge in [0.2, 0.25) is 0 Å². The number of hydrogen-bond acceptors (Lipinski definition) is 5. The van der Waals surface area contributed by atoms with Crippen molar-refractivity contribution in [2.75, 3.05) is 26.4 Å². The van der Waals surface area contributed by atoms with E-state index in [1.165, 1.54) is 0 Å². The summed E-state index contributed by atoms with van der Waals surface area (Å²) < 4.78 is 16.0. The van der Waals surface area contributed by atoms with Gasteiger partial charge in [-0.05, 0) is 36.1 Å². The van der Waals surface area contributed by atoms with Gasteiger partial charge in [0, 0.05) is 5.92 Å². The van der Waals surface area contributed by atoms with E-state index in [0.29, 0.717) is 6.61 Å². The van der Waals surface area contributed by atoms with E-state index in [0.717, 1.165) is 22.3 Å². The molecule has 1 aliphatic rings. The lowest BCUT2D eigenvalue weighted by Gasteiger charge is -2.17. The number of benzene rings is 2. The second kappa shape index (κ2) is 10.2. The molecule has 0 bridgehead atoms. The number of carboxylic acids is 1. The Morgan fingerprint density at radius 3 is 2.17 bits per heavy atom. The normalized spacial score (nSPS) is 13.6. The summed E-state index contributed by atoms with van der Waals surface area (Å²) in [6, 6.07) is 14.8. The molecule has 0 spiro atoms. The maximum atomic E-state index is 12.2. The molecule has 160 valence electrons. The van der Waals surface area contributed by atoms with Crippen LogP contribution in [-0.2, 0) is 19.0 Å². The molecule has 0 saturated carbocycles. The number of aliphatic carboxylic acids is 1. The van der Waals surface area contributed by atoms with Crippen LogP contribution in [0.2, 0.25) is 0 Å². The van der Waals surface area contributed by atoms with E-state index in [2.05, 4.69) is 17.4 Å². The first kappa shape index (κ1) is 21.8. The number of carboxylic acid groups (broad SMARTS) is 1. The molecule has 7 nitrogen and oxygen atoms in total. The molecule has 0 fully saturated rings. The van der Waals surface area contributed by atoms with Crippen molar-refractivity contribution in [3.63, 3.8) is 0 Å². The molecule has 2 aromatic carbocycles. The molecule has 30 heavy (non-hydrogen) atoms. The van der Waals surface area contributed by atoms with E-state index < -0.39 is 18.1 Å². The number of alkyl carbamates (subject to hydrolysis) is 1. The Labute approximate surface area is 176 Å². The molecule has 0 aliphatic heterocycles. The molecule has 2 N–H and O–H groups in total. The zero-order chi connectivity index (χ0) is 21.5. The fourth-order valence-corrected chi connectivity index (χ4v) is 3.50. The summed E-state index contributed by atoms with van der Waals surface area (Å²) in [6.07, 6.45) is -0.714. The molecule has 1 amide bonds. The van der Waals surface area contributed by atoms with Crippen molar-refractivity contribution in [1.29, 1.82) is 0 Å². The van der Waals surface area contributed by atoms with Crippen LogP contribution in [0, 0.1) is 0 Å². The van der Waals surface area contributed by atoms with E-state index in [4.69, 9.17) is 14.2 Å². The van der Waals surface area contributed by atoms with Crippen molar-refractivity contribution in [1.82, 2.24) is 5.32 Å². The van der Waals surface area contributed by atoms with E-state index >= 15 is 0 Å². The van der Waals surface area contributed by atoms with Crippen molar-refractivity contribution in [3.8, 4) is 11.1 Å². The fraction of sp³-hybridized carbons (Fsp3) is 0.391. The maximum Gasteiger partial charge on any atom is 0.407 e. The van der Waals surface area contributed by atoms with Gasteiger partial charge in [0.1, 0.15) is 6.61 Å². The number of nitrogens with one attached hydrogen (secondary N) is 1. The van der Waals surface area contributed by atoms with Crippen LogP contribution in [0.5, 0.6) is 0 Å². The molecule has 2 aromatic rings. The zero-order valence-electron chi connectivity index (χ0n) is 17.2. The third kappa shape index (κ3) is 5.37. The minimum absolute atomic E-state index is 0.0721. The highest BCUT2D eigenvalue weighted by Crippen LogP contribution is 2.44. The SMILES string of the molecule is CC(C)OCCOC[C@H](NC(=O)OCC1c2ccccc2-c2ccccc21)C(=O)O. The van der Waals surface area contributed by atoms with Crippen molar-refractivity contribution in [3.05, 3.63) is 59.7 Å². The lowest BCUT2D eigenvalue weighted by Crippen LogP contribution is -2.44. The number of carbonyl (C=O) groups is 2. The molecule has 0 radical (unpaired) electrons. The van der Waals surface area contributed by atoms with Crippen LogP contribution in [0.4, 0.5) is 4.79 Å². The second-order valence-corrected chi connectivity index (χ2v) is 7.36. The van der Waals surface area contributed by atoms with Crippen molar-refractivity contribution >= 4 is 12.1 Å². The molecule has 1 atom stereocenters. The third-order valence-electron chi connectivity index (χ3n) is 4.90. The van der Waals surface area contributed by atoms with Gasteiger partial charge in [-0.25, -0.2) is 9.59 Å². The lowest BCUT2D eigenvalue weighted by molar-refractivity contribution is -0.141. The number of carbonyl (C=O) groups excluding carboxylic acids is 1. The first-order chi connectivity index (χ1) is 14.5. The third-order valence-corrected chi connectivity index (χ3v) is 4.90. The number of amides is 1. The average molecular weight is 413 g/mol. The van der Waals surface area contributed by atoms with Crippen LogP contribution < -0.4 is 5.32 Å². The topological polar surface area (TPSA) is 94.1 Å². The molecule has 0 aromatic heterocycles. The molecule has 7 heteroatoms. The monoisotopic (exact) mass is 413 g/mol. The Bertz CT molecular complexity index is 836. The largest absolute Gasteiger partial charge is 0.480 e. The van der Waals surface area contributed by atoms with Gasteiger partial charge in [-0.1, -0.05) is 48.5 Å². The van der Waals surface area contributed by atoms with E-state index in [1.54, 1.807) is 0 Å². The molecule has 1 aliphatic carbocycles. The van der Waals surface area contributed by atoms with Crippen molar-refractivity contribution in [2.24, 2.45) is 0 Å². The maximum absolute atomic E-state index is 12.2. The molecular formula is C23H27NO6. The van der Waals surface area contributed by atoms with Crippen molar-refractivity contribution in [2.45, 2.75) is 31.9 Å². The number of ether oxygens (including phenoxy) is 3. The van der Waals surface area contributed by atoms with Gasteiger partial charge in [-0.15, -0.1) is 0 Å². The predicted molar refractivity (Wildman–Crippen MR) is 112 cm³/mol. The summed E-state index contributed by atoms with van der Waals surface area (Å²) >= 11 is 0. The van der Waals surface area contributed by atoms with Crippen LogP contribution >= 0.6 is 0 Å². The molecule has 0 unspecified atom stereocenters.